The Morgan fingerprint density at radius 1 is 1.18 bits per heavy atom. The van der Waals surface area contributed by atoms with Crippen LogP contribution in [0, 0.1) is 6.92 Å². The quantitative estimate of drug-likeness (QED) is 0.297. The summed E-state index contributed by atoms with van der Waals surface area (Å²) in [6, 6.07) is 7.22. The zero-order chi connectivity index (χ0) is 20.0. The Bertz CT molecular complexity index is 1260. The fourth-order valence-electron chi connectivity index (χ4n) is 3.28. The van der Waals surface area contributed by atoms with E-state index in [1.54, 1.807) is 16.7 Å². The molecule has 0 atom stereocenters. The van der Waals surface area contributed by atoms with Crippen LogP contribution in [0.4, 0.5) is 0 Å². The molecule has 0 fully saturated rings. The van der Waals surface area contributed by atoms with Gasteiger partial charge in [0.25, 0.3) is 0 Å². The van der Waals surface area contributed by atoms with Crippen LogP contribution in [0.5, 0.6) is 0 Å². The second kappa shape index (κ2) is 7.43. The SMILES string of the molecule is Cc1cc2oc(=O)cc(CSc3nnc4c(Cl)cc(Cl)cn34)c2cc1C(C)C. The lowest BCUT2D eigenvalue weighted by molar-refractivity contribution is 0.559. The van der Waals surface area contributed by atoms with Crippen molar-refractivity contribution in [3.05, 3.63) is 67.6 Å². The van der Waals surface area contributed by atoms with E-state index in [0.29, 0.717) is 38.1 Å². The first-order chi connectivity index (χ1) is 13.3. The van der Waals surface area contributed by atoms with E-state index in [2.05, 4.69) is 30.1 Å². The van der Waals surface area contributed by atoms with E-state index in [-0.39, 0.29) is 5.63 Å². The van der Waals surface area contributed by atoms with Gasteiger partial charge < -0.3 is 4.42 Å². The van der Waals surface area contributed by atoms with Crippen molar-refractivity contribution >= 4 is 51.6 Å². The molecule has 0 saturated carbocycles. The van der Waals surface area contributed by atoms with Crippen molar-refractivity contribution in [2.24, 2.45) is 0 Å². The maximum absolute atomic E-state index is 12.1. The second-order valence-corrected chi connectivity index (χ2v) is 8.71. The first-order valence-electron chi connectivity index (χ1n) is 8.73. The molecule has 3 aromatic heterocycles. The highest BCUT2D eigenvalue weighted by Crippen LogP contribution is 2.31. The number of benzene rings is 1. The van der Waals surface area contributed by atoms with Crippen LogP contribution in [0.2, 0.25) is 10.0 Å². The van der Waals surface area contributed by atoms with E-state index >= 15 is 0 Å². The van der Waals surface area contributed by atoms with Crippen LogP contribution in [0.25, 0.3) is 16.6 Å². The number of thioether (sulfide) groups is 1. The Morgan fingerprint density at radius 2 is 1.96 bits per heavy atom. The highest BCUT2D eigenvalue weighted by molar-refractivity contribution is 7.98. The summed E-state index contributed by atoms with van der Waals surface area (Å²) in [7, 11) is 0. The molecule has 0 aliphatic rings. The average Bonchev–Trinajstić information content (AvgIpc) is 3.01. The van der Waals surface area contributed by atoms with Crippen molar-refractivity contribution in [2.45, 2.75) is 37.6 Å². The zero-order valence-corrected chi connectivity index (χ0v) is 17.8. The molecule has 0 N–H and O–H groups in total. The van der Waals surface area contributed by atoms with Gasteiger partial charge >= 0.3 is 5.63 Å². The second-order valence-electron chi connectivity index (χ2n) is 6.92. The molecule has 3 heterocycles. The van der Waals surface area contributed by atoms with Crippen molar-refractivity contribution in [1.29, 1.82) is 0 Å². The van der Waals surface area contributed by atoms with Crippen molar-refractivity contribution in [1.82, 2.24) is 14.6 Å². The Morgan fingerprint density at radius 3 is 2.71 bits per heavy atom. The van der Waals surface area contributed by atoms with E-state index in [1.165, 1.54) is 23.4 Å². The Balaban J connectivity index is 1.76. The molecule has 0 aliphatic carbocycles. The molecule has 0 aliphatic heterocycles. The van der Waals surface area contributed by atoms with E-state index in [9.17, 15) is 4.79 Å². The largest absolute Gasteiger partial charge is 0.423 e. The number of aryl methyl sites for hydroxylation is 1. The molecule has 28 heavy (non-hydrogen) atoms. The topological polar surface area (TPSA) is 60.4 Å². The molecule has 0 saturated heterocycles. The Kier molecular flexibility index (Phi) is 5.12. The van der Waals surface area contributed by atoms with Crippen LogP contribution < -0.4 is 5.63 Å². The molecule has 4 rings (SSSR count). The number of fused-ring (bicyclic) bond motifs is 2. The lowest BCUT2D eigenvalue weighted by atomic mass is 9.95. The van der Waals surface area contributed by atoms with Gasteiger partial charge in [0, 0.05) is 23.4 Å². The van der Waals surface area contributed by atoms with Crippen molar-refractivity contribution in [3.63, 3.8) is 0 Å². The lowest BCUT2D eigenvalue weighted by Crippen LogP contribution is -2.02. The van der Waals surface area contributed by atoms with Crippen LogP contribution in [0.15, 0.2) is 44.8 Å². The summed E-state index contributed by atoms with van der Waals surface area (Å²) in [6.45, 7) is 6.33. The van der Waals surface area contributed by atoms with Gasteiger partial charge in [0.05, 0.1) is 10.0 Å². The number of halogens is 2. The Hall–Kier alpha value is -2.02. The predicted octanol–water partition coefficient (Wildman–Crippen LogP) is 5.87. The molecule has 0 bridgehead atoms. The predicted molar refractivity (Wildman–Crippen MR) is 114 cm³/mol. The number of nitrogens with zero attached hydrogens (tertiary/aromatic N) is 3. The van der Waals surface area contributed by atoms with Crippen LogP contribution in [0.3, 0.4) is 0 Å². The smallest absolute Gasteiger partial charge is 0.336 e. The van der Waals surface area contributed by atoms with Gasteiger partial charge in [-0.05, 0) is 47.7 Å². The van der Waals surface area contributed by atoms with Gasteiger partial charge in [-0.15, -0.1) is 10.2 Å². The van der Waals surface area contributed by atoms with Crippen molar-refractivity contribution in [2.75, 3.05) is 0 Å². The minimum atomic E-state index is -0.364. The van der Waals surface area contributed by atoms with E-state index in [1.807, 2.05) is 13.0 Å². The first-order valence-corrected chi connectivity index (χ1v) is 10.5. The van der Waals surface area contributed by atoms with Gasteiger partial charge in [0.15, 0.2) is 10.8 Å². The van der Waals surface area contributed by atoms with Crippen LogP contribution in [0.1, 0.15) is 36.5 Å². The van der Waals surface area contributed by atoms with Crippen LogP contribution in [-0.2, 0) is 5.75 Å². The summed E-state index contributed by atoms with van der Waals surface area (Å²) < 4.78 is 7.18. The number of hydrogen-bond donors (Lipinski definition) is 0. The summed E-state index contributed by atoms with van der Waals surface area (Å²) >= 11 is 13.8. The van der Waals surface area contributed by atoms with Gasteiger partial charge in [0.2, 0.25) is 0 Å². The number of rotatable bonds is 4. The fraction of sp³-hybridized carbons (Fsp3) is 0.250. The highest BCUT2D eigenvalue weighted by Gasteiger charge is 2.14. The molecule has 0 radical (unpaired) electrons. The number of hydrogen-bond acceptors (Lipinski definition) is 5. The molecule has 0 amide bonds. The minimum absolute atomic E-state index is 0.364. The fourth-order valence-corrected chi connectivity index (χ4v) is 4.69. The van der Waals surface area contributed by atoms with Gasteiger partial charge in [-0.3, -0.25) is 4.40 Å². The molecule has 4 aromatic rings. The standard InChI is InChI=1S/C20H17Cl2N3O2S/c1-10(2)14-7-15-12(5-18(26)27-17(15)4-11(14)3)9-28-20-24-23-19-16(22)6-13(21)8-25(19)20/h4-8,10H,9H2,1-3H3. The highest BCUT2D eigenvalue weighted by atomic mass is 35.5. The normalized spacial score (nSPS) is 11.8. The van der Waals surface area contributed by atoms with Crippen LogP contribution >= 0.6 is 35.0 Å². The molecule has 5 nitrogen and oxygen atoms in total. The monoisotopic (exact) mass is 433 g/mol. The third kappa shape index (κ3) is 3.52. The van der Waals surface area contributed by atoms with Crippen molar-refractivity contribution in [3.8, 4) is 0 Å². The Labute approximate surface area is 175 Å². The summed E-state index contributed by atoms with van der Waals surface area (Å²) in [5, 5.41) is 10.9. The molecule has 144 valence electrons. The molecular formula is C20H17Cl2N3O2S. The van der Waals surface area contributed by atoms with Gasteiger partial charge in [-0.2, -0.15) is 0 Å². The molecule has 0 unspecified atom stereocenters. The zero-order valence-electron chi connectivity index (χ0n) is 15.5. The summed E-state index contributed by atoms with van der Waals surface area (Å²) in [6.07, 6.45) is 1.72. The molecule has 0 spiro atoms. The van der Waals surface area contributed by atoms with E-state index in [4.69, 9.17) is 27.6 Å². The average molecular weight is 434 g/mol. The number of pyridine rings is 1. The third-order valence-electron chi connectivity index (χ3n) is 4.59. The van der Waals surface area contributed by atoms with Crippen LogP contribution in [-0.4, -0.2) is 14.6 Å². The first kappa shape index (κ1) is 19.3. The van der Waals surface area contributed by atoms with Gasteiger partial charge in [0.1, 0.15) is 5.58 Å². The third-order valence-corrected chi connectivity index (χ3v) is 6.07. The minimum Gasteiger partial charge on any atom is -0.423 e. The molecule has 1 aromatic carbocycles. The maximum Gasteiger partial charge on any atom is 0.336 e. The lowest BCUT2D eigenvalue weighted by Gasteiger charge is -2.12. The molecule has 8 heteroatoms. The van der Waals surface area contributed by atoms with E-state index < -0.39 is 0 Å². The maximum atomic E-state index is 12.1. The summed E-state index contributed by atoms with van der Waals surface area (Å²) in [5.41, 5.74) is 4.02. The summed E-state index contributed by atoms with van der Waals surface area (Å²) in [4.78, 5) is 12.1. The molecular weight excluding hydrogens is 417 g/mol. The van der Waals surface area contributed by atoms with Gasteiger partial charge in [-0.25, -0.2) is 4.79 Å². The van der Waals surface area contributed by atoms with E-state index in [0.717, 1.165) is 16.5 Å². The van der Waals surface area contributed by atoms with Gasteiger partial charge in [-0.1, -0.05) is 48.8 Å². The van der Waals surface area contributed by atoms with Crippen molar-refractivity contribution < 1.29 is 4.42 Å². The summed E-state index contributed by atoms with van der Waals surface area (Å²) in [5.74, 6) is 0.912. The number of aromatic nitrogens is 3.